The van der Waals surface area contributed by atoms with Crippen LogP contribution in [0.4, 0.5) is 0 Å². The fourth-order valence-corrected chi connectivity index (χ4v) is 1.79. The average Bonchev–Trinajstić information content (AvgIpc) is 2.55. The Morgan fingerprint density at radius 2 is 2.21 bits per heavy atom. The van der Waals surface area contributed by atoms with Crippen molar-refractivity contribution in [2.24, 2.45) is 4.99 Å². The maximum Gasteiger partial charge on any atom is 0.141 e. The van der Waals surface area contributed by atoms with Gasteiger partial charge in [-0.05, 0) is 17.7 Å². The first-order valence-electron chi connectivity index (χ1n) is 4.62. The van der Waals surface area contributed by atoms with Crippen molar-refractivity contribution < 1.29 is 4.42 Å². The first-order valence-corrected chi connectivity index (χ1v) is 4.62. The number of hydrogen-bond donors (Lipinski definition) is 0. The SMILES string of the molecule is C1=Cc2c(ccc3ccoc23)CC=N1. The van der Waals surface area contributed by atoms with E-state index in [1.807, 2.05) is 24.6 Å². The van der Waals surface area contributed by atoms with Gasteiger partial charge in [0.25, 0.3) is 0 Å². The Morgan fingerprint density at radius 1 is 1.21 bits per heavy atom. The van der Waals surface area contributed by atoms with Gasteiger partial charge in [0.15, 0.2) is 0 Å². The van der Waals surface area contributed by atoms with Crippen molar-refractivity contribution in [3.8, 4) is 0 Å². The lowest BCUT2D eigenvalue weighted by Gasteiger charge is -2.01. The quantitative estimate of drug-likeness (QED) is 0.616. The summed E-state index contributed by atoms with van der Waals surface area (Å²) in [6, 6.07) is 6.20. The van der Waals surface area contributed by atoms with E-state index in [4.69, 9.17) is 4.42 Å². The van der Waals surface area contributed by atoms with E-state index in [2.05, 4.69) is 17.1 Å². The fraction of sp³-hybridized carbons (Fsp3) is 0.0833. The number of aliphatic imine (C=N–C) groups is 1. The summed E-state index contributed by atoms with van der Waals surface area (Å²) in [5.41, 5.74) is 3.39. The monoisotopic (exact) mass is 183 g/mol. The molecule has 0 fully saturated rings. The van der Waals surface area contributed by atoms with E-state index in [0.29, 0.717) is 0 Å². The van der Waals surface area contributed by atoms with Gasteiger partial charge in [0, 0.05) is 29.8 Å². The Hall–Kier alpha value is -1.83. The summed E-state index contributed by atoms with van der Waals surface area (Å²) in [6.45, 7) is 0. The molecule has 0 atom stereocenters. The third-order valence-corrected chi connectivity index (χ3v) is 2.49. The highest BCUT2D eigenvalue weighted by atomic mass is 16.3. The van der Waals surface area contributed by atoms with E-state index >= 15 is 0 Å². The number of furan rings is 1. The van der Waals surface area contributed by atoms with Gasteiger partial charge in [-0.25, -0.2) is 0 Å². The minimum Gasteiger partial charge on any atom is -0.464 e. The molecule has 2 heteroatoms. The lowest BCUT2D eigenvalue weighted by atomic mass is 10.0. The Bertz CT molecular complexity index is 534. The Morgan fingerprint density at radius 3 is 3.21 bits per heavy atom. The van der Waals surface area contributed by atoms with Crippen LogP contribution in [-0.4, -0.2) is 6.21 Å². The highest BCUT2D eigenvalue weighted by Crippen LogP contribution is 2.25. The third-order valence-electron chi connectivity index (χ3n) is 2.49. The molecule has 0 amide bonds. The van der Waals surface area contributed by atoms with Crippen LogP contribution in [-0.2, 0) is 6.42 Å². The summed E-state index contributed by atoms with van der Waals surface area (Å²) in [7, 11) is 0. The molecule has 14 heavy (non-hydrogen) atoms. The minimum absolute atomic E-state index is 0.874. The van der Waals surface area contributed by atoms with Crippen LogP contribution >= 0.6 is 0 Å². The molecule has 0 radical (unpaired) electrons. The van der Waals surface area contributed by atoms with Crippen LogP contribution in [0.5, 0.6) is 0 Å². The van der Waals surface area contributed by atoms with Crippen LogP contribution < -0.4 is 0 Å². The van der Waals surface area contributed by atoms with Gasteiger partial charge in [-0.3, -0.25) is 4.99 Å². The van der Waals surface area contributed by atoms with Crippen molar-refractivity contribution in [2.75, 3.05) is 0 Å². The van der Waals surface area contributed by atoms with Crippen molar-refractivity contribution in [2.45, 2.75) is 6.42 Å². The summed E-state index contributed by atoms with van der Waals surface area (Å²) in [5.74, 6) is 0. The van der Waals surface area contributed by atoms with E-state index in [-0.39, 0.29) is 0 Å². The van der Waals surface area contributed by atoms with Crippen molar-refractivity contribution in [1.82, 2.24) is 0 Å². The fourth-order valence-electron chi connectivity index (χ4n) is 1.79. The van der Waals surface area contributed by atoms with Gasteiger partial charge < -0.3 is 4.42 Å². The van der Waals surface area contributed by atoms with Crippen LogP contribution in [0.2, 0.25) is 0 Å². The number of nitrogens with zero attached hydrogens (tertiary/aromatic N) is 1. The van der Waals surface area contributed by atoms with E-state index in [1.54, 1.807) is 6.26 Å². The molecule has 0 spiro atoms. The van der Waals surface area contributed by atoms with Crippen LogP contribution in [0.25, 0.3) is 17.0 Å². The van der Waals surface area contributed by atoms with Gasteiger partial charge in [-0.2, -0.15) is 0 Å². The molecule has 0 N–H and O–H groups in total. The second-order valence-corrected chi connectivity index (χ2v) is 3.33. The van der Waals surface area contributed by atoms with Crippen molar-refractivity contribution in [3.05, 3.63) is 41.8 Å². The van der Waals surface area contributed by atoms with Gasteiger partial charge in [-0.15, -0.1) is 0 Å². The second-order valence-electron chi connectivity index (χ2n) is 3.33. The molecule has 1 aliphatic heterocycles. The maximum atomic E-state index is 5.47. The predicted molar refractivity (Wildman–Crippen MR) is 57.4 cm³/mol. The largest absolute Gasteiger partial charge is 0.464 e. The van der Waals surface area contributed by atoms with Crippen LogP contribution in [0.3, 0.4) is 0 Å². The molecular weight excluding hydrogens is 174 g/mol. The molecule has 0 aliphatic carbocycles. The number of hydrogen-bond acceptors (Lipinski definition) is 2. The molecule has 1 aromatic heterocycles. The van der Waals surface area contributed by atoms with E-state index in [9.17, 15) is 0 Å². The summed E-state index contributed by atoms with van der Waals surface area (Å²) >= 11 is 0. The zero-order chi connectivity index (χ0) is 9.38. The highest BCUT2D eigenvalue weighted by molar-refractivity contribution is 5.89. The molecule has 0 unspecified atom stereocenters. The topological polar surface area (TPSA) is 25.5 Å². The van der Waals surface area contributed by atoms with Gasteiger partial charge in [-0.1, -0.05) is 12.1 Å². The molecule has 2 nitrogen and oxygen atoms in total. The minimum atomic E-state index is 0.874. The number of rotatable bonds is 0. The molecule has 1 aliphatic rings. The van der Waals surface area contributed by atoms with Crippen LogP contribution in [0, 0.1) is 0 Å². The molecule has 2 aromatic rings. The first kappa shape index (κ1) is 7.56. The molecule has 0 saturated heterocycles. The summed E-state index contributed by atoms with van der Waals surface area (Å²) in [6.07, 6.45) is 8.33. The van der Waals surface area contributed by atoms with Crippen LogP contribution in [0.15, 0.2) is 40.1 Å². The van der Waals surface area contributed by atoms with E-state index in [1.165, 1.54) is 5.56 Å². The van der Waals surface area contributed by atoms with Crippen LogP contribution in [0.1, 0.15) is 11.1 Å². The van der Waals surface area contributed by atoms with E-state index < -0.39 is 0 Å². The first-order chi connectivity index (χ1) is 6.95. The van der Waals surface area contributed by atoms with Gasteiger partial charge in [0.05, 0.1) is 6.26 Å². The average molecular weight is 183 g/mol. The lowest BCUT2D eigenvalue weighted by Crippen LogP contribution is -1.88. The molecule has 0 saturated carbocycles. The van der Waals surface area contributed by atoms with E-state index in [0.717, 1.165) is 23.0 Å². The number of benzene rings is 1. The third kappa shape index (κ3) is 1.01. The van der Waals surface area contributed by atoms with Gasteiger partial charge in [0.1, 0.15) is 5.58 Å². The molecule has 3 rings (SSSR count). The zero-order valence-electron chi connectivity index (χ0n) is 7.60. The van der Waals surface area contributed by atoms with Gasteiger partial charge >= 0.3 is 0 Å². The normalized spacial score (nSPS) is 14.3. The van der Waals surface area contributed by atoms with Gasteiger partial charge in [0.2, 0.25) is 0 Å². The highest BCUT2D eigenvalue weighted by Gasteiger charge is 2.08. The molecule has 0 bridgehead atoms. The summed E-state index contributed by atoms with van der Waals surface area (Å²) < 4.78 is 5.47. The van der Waals surface area contributed by atoms with Crippen molar-refractivity contribution >= 4 is 23.3 Å². The molecular formula is C12H9NO. The molecule has 2 heterocycles. The number of fused-ring (bicyclic) bond motifs is 3. The second kappa shape index (κ2) is 2.84. The zero-order valence-corrected chi connectivity index (χ0v) is 7.60. The summed E-state index contributed by atoms with van der Waals surface area (Å²) in [4.78, 5) is 4.13. The Labute approximate surface area is 81.6 Å². The molecule has 1 aromatic carbocycles. The predicted octanol–water partition coefficient (Wildman–Crippen LogP) is 3.03. The smallest absolute Gasteiger partial charge is 0.141 e. The maximum absolute atomic E-state index is 5.47. The lowest BCUT2D eigenvalue weighted by molar-refractivity contribution is 0.614. The van der Waals surface area contributed by atoms with Crippen molar-refractivity contribution in [1.29, 1.82) is 0 Å². The Kier molecular flexibility index (Phi) is 1.53. The standard InChI is InChI=1S/C12H9NO/c1-2-10-5-8-14-12(10)11-4-7-13-6-3-9(1)11/h1-2,4-8H,3H2. The summed E-state index contributed by atoms with van der Waals surface area (Å²) in [5, 5.41) is 1.15. The molecule has 68 valence electrons. The Balaban J connectivity index is 2.38. The van der Waals surface area contributed by atoms with Crippen molar-refractivity contribution in [3.63, 3.8) is 0 Å².